The molecule has 0 bridgehead atoms. The maximum absolute atomic E-state index is 12.0. The van der Waals surface area contributed by atoms with Gasteiger partial charge in [0.2, 0.25) is 5.91 Å². The van der Waals surface area contributed by atoms with Gasteiger partial charge in [0.25, 0.3) is 0 Å². The van der Waals surface area contributed by atoms with Crippen LogP contribution in [0.5, 0.6) is 0 Å². The second-order valence-electron chi connectivity index (χ2n) is 6.13. The van der Waals surface area contributed by atoms with Crippen LogP contribution in [0.4, 0.5) is 5.69 Å². The molecule has 0 saturated carbocycles. The Morgan fingerprint density at radius 3 is 2.48 bits per heavy atom. The lowest BCUT2D eigenvalue weighted by Crippen LogP contribution is -2.31. The number of para-hydroxylation sites is 1. The number of aryl methyl sites for hydroxylation is 1. The molecular weight excluding hydrogens is 284 g/mol. The highest BCUT2D eigenvalue weighted by Gasteiger charge is 2.10. The molecule has 23 heavy (non-hydrogen) atoms. The number of hydrogen-bond donors (Lipinski definition) is 2. The Bertz CT molecular complexity index is 635. The van der Waals surface area contributed by atoms with Gasteiger partial charge in [-0.1, -0.05) is 62.4 Å². The molecule has 0 unspecified atom stereocenters. The molecule has 0 fully saturated rings. The number of carbonyl (C=O) groups excluding carboxylic acids is 1. The molecule has 1 amide bonds. The van der Waals surface area contributed by atoms with Gasteiger partial charge < -0.3 is 10.6 Å². The van der Waals surface area contributed by atoms with Crippen molar-refractivity contribution in [1.82, 2.24) is 5.32 Å². The van der Waals surface area contributed by atoms with E-state index in [0.29, 0.717) is 19.0 Å². The van der Waals surface area contributed by atoms with Gasteiger partial charge in [0.05, 0.1) is 6.54 Å². The minimum Gasteiger partial charge on any atom is -0.376 e. The normalized spacial score (nSPS) is 10.6. The first-order valence-corrected chi connectivity index (χ1v) is 8.22. The summed E-state index contributed by atoms with van der Waals surface area (Å²) in [6.07, 6.45) is 0.855. The Hall–Kier alpha value is -2.29. The molecule has 0 radical (unpaired) electrons. The van der Waals surface area contributed by atoms with Crippen molar-refractivity contribution in [3.63, 3.8) is 0 Å². The zero-order valence-electron chi connectivity index (χ0n) is 14.2. The monoisotopic (exact) mass is 310 g/mol. The molecule has 0 aliphatic heterocycles. The van der Waals surface area contributed by atoms with Crippen molar-refractivity contribution >= 4 is 11.6 Å². The molecule has 0 aliphatic carbocycles. The van der Waals surface area contributed by atoms with Crippen LogP contribution in [0.3, 0.4) is 0 Å². The highest BCUT2D eigenvalue weighted by atomic mass is 16.1. The lowest BCUT2D eigenvalue weighted by Gasteiger charge is -2.17. The van der Waals surface area contributed by atoms with E-state index in [2.05, 4.69) is 61.7 Å². The van der Waals surface area contributed by atoms with E-state index in [0.717, 1.165) is 12.1 Å². The van der Waals surface area contributed by atoms with Crippen LogP contribution in [-0.4, -0.2) is 19.0 Å². The number of anilines is 1. The minimum atomic E-state index is 0.0268. The number of nitrogens with one attached hydrogen (secondary N) is 2. The highest BCUT2D eigenvalue weighted by Crippen LogP contribution is 2.27. The van der Waals surface area contributed by atoms with Crippen LogP contribution in [0.1, 0.15) is 36.5 Å². The summed E-state index contributed by atoms with van der Waals surface area (Å²) in [6, 6.07) is 16.4. The van der Waals surface area contributed by atoms with E-state index >= 15 is 0 Å². The Kier molecular flexibility index (Phi) is 6.21. The fourth-order valence-corrected chi connectivity index (χ4v) is 2.64. The average molecular weight is 310 g/mol. The molecular formula is C20H26N2O. The molecule has 0 aliphatic rings. The van der Waals surface area contributed by atoms with E-state index in [1.807, 2.05) is 18.2 Å². The van der Waals surface area contributed by atoms with Gasteiger partial charge in [-0.2, -0.15) is 0 Å². The molecule has 0 heterocycles. The number of hydrogen-bond acceptors (Lipinski definition) is 2. The standard InChI is InChI=1S/C20H26N2O/c1-15(2)18-11-7-8-16(3)20(18)22-14-19(23)21-13-12-17-9-5-4-6-10-17/h4-11,15,22H,12-14H2,1-3H3,(H,21,23). The summed E-state index contributed by atoms with van der Waals surface area (Å²) < 4.78 is 0. The lowest BCUT2D eigenvalue weighted by molar-refractivity contribution is -0.119. The largest absolute Gasteiger partial charge is 0.376 e. The van der Waals surface area contributed by atoms with Crippen LogP contribution < -0.4 is 10.6 Å². The van der Waals surface area contributed by atoms with Gasteiger partial charge in [-0.05, 0) is 36.0 Å². The van der Waals surface area contributed by atoms with Gasteiger partial charge >= 0.3 is 0 Å². The minimum absolute atomic E-state index is 0.0268. The van der Waals surface area contributed by atoms with Crippen LogP contribution in [0.15, 0.2) is 48.5 Å². The summed E-state index contributed by atoms with van der Waals surface area (Å²) in [7, 11) is 0. The first kappa shape index (κ1) is 17.1. The van der Waals surface area contributed by atoms with Crippen molar-refractivity contribution in [1.29, 1.82) is 0 Å². The van der Waals surface area contributed by atoms with E-state index in [-0.39, 0.29) is 5.91 Å². The van der Waals surface area contributed by atoms with E-state index in [1.54, 1.807) is 0 Å². The summed E-state index contributed by atoms with van der Waals surface area (Å²) in [5.41, 5.74) is 4.75. The zero-order chi connectivity index (χ0) is 16.7. The number of rotatable bonds is 7. The lowest BCUT2D eigenvalue weighted by atomic mass is 9.98. The fourth-order valence-electron chi connectivity index (χ4n) is 2.64. The fraction of sp³-hybridized carbons (Fsp3) is 0.350. The SMILES string of the molecule is Cc1cccc(C(C)C)c1NCC(=O)NCCc1ccccc1. The van der Waals surface area contributed by atoms with Crippen LogP contribution in [-0.2, 0) is 11.2 Å². The van der Waals surface area contributed by atoms with E-state index in [1.165, 1.54) is 16.7 Å². The Balaban J connectivity index is 1.83. The quantitative estimate of drug-likeness (QED) is 0.814. The molecule has 2 aromatic rings. The first-order valence-electron chi connectivity index (χ1n) is 8.22. The van der Waals surface area contributed by atoms with Gasteiger partial charge in [0, 0.05) is 12.2 Å². The Morgan fingerprint density at radius 2 is 1.78 bits per heavy atom. The van der Waals surface area contributed by atoms with E-state index in [9.17, 15) is 4.79 Å². The first-order chi connectivity index (χ1) is 11.1. The molecule has 0 aromatic heterocycles. The Labute approximate surface area is 139 Å². The van der Waals surface area contributed by atoms with Crippen molar-refractivity contribution < 1.29 is 4.79 Å². The highest BCUT2D eigenvalue weighted by molar-refractivity contribution is 5.81. The van der Waals surface area contributed by atoms with E-state index < -0.39 is 0 Å². The zero-order valence-corrected chi connectivity index (χ0v) is 14.2. The summed E-state index contributed by atoms with van der Waals surface area (Å²) in [6.45, 7) is 7.37. The molecule has 3 nitrogen and oxygen atoms in total. The topological polar surface area (TPSA) is 41.1 Å². The van der Waals surface area contributed by atoms with Gasteiger partial charge in [-0.3, -0.25) is 4.79 Å². The maximum atomic E-state index is 12.0. The third-order valence-electron chi connectivity index (χ3n) is 3.93. The maximum Gasteiger partial charge on any atom is 0.239 e. The predicted molar refractivity (Wildman–Crippen MR) is 96.9 cm³/mol. The van der Waals surface area contributed by atoms with Crippen molar-refractivity contribution in [2.24, 2.45) is 0 Å². The smallest absolute Gasteiger partial charge is 0.239 e. The second-order valence-corrected chi connectivity index (χ2v) is 6.13. The molecule has 122 valence electrons. The van der Waals surface area contributed by atoms with Crippen molar-refractivity contribution in [3.8, 4) is 0 Å². The average Bonchev–Trinajstić information content (AvgIpc) is 2.54. The summed E-state index contributed by atoms with van der Waals surface area (Å²) in [5, 5.41) is 6.27. The van der Waals surface area contributed by atoms with Crippen LogP contribution in [0, 0.1) is 6.92 Å². The third kappa shape index (κ3) is 5.13. The van der Waals surface area contributed by atoms with Crippen molar-refractivity contribution in [2.45, 2.75) is 33.1 Å². The molecule has 2 aromatic carbocycles. The summed E-state index contributed by atoms with van der Waals surface area (Å²) in [4.78, 5) is 12.0. The van der Waals surface area contributed by atoms with Crippen LogP contribution in [0.2, 0.25) is 0 Å². The van der Waals surface area contributed by atoms with Gasteiger partial charge in [0.1, 0.15) is 0 Å². The third-order valence-corrected chi connectivity index (χ3v) is 3.93. The number of carbonyl (C=O) groups is 1. The predicted octanol–water partition coefficient (Wildman–Crippen LogP) is 3.89. The number of amides is 1. The molecule has 2 N–H and O–H groups in total. The Morgan fingerprint density at radius 1 is 1.04 bits per heavy atom. The molecule has 0 spiro atoms. The second kappa shape index (κ2) is 8.37. The summed E-state index contributed by atoms with van der Waals surface area (Å²) >= 11 is 0. The molecule has 3 heteroatoms. The van der Waals surface area contributed by atoms with Crippen LogP contribution in [0.25, 0.3) is 0 Å². The van der Waals surface area contributed by atoms with Gasteiger partial charge in [-0.25, -0.2) is 0 Å². The van der Waals surface area contributed by atoms with E-state index in [4.69, 9.17) is 0 Å². The molecule has 0 atom stereocenters. The molecule has 2 rings (SSSR count). The van der Waals surface area contributed by atoms with Gasteiger partial charge in [-0.15, -0.1) is 0 Å². The van der Waals surface area contributed by atoms with Crippen molar-refractivity contribution in [2.75, 3.05) is 18.4 Å². The molecule has 0 saturated heterocycles. The summed E-state index contributed by atoms with van der Waals surface area (Å²) in [5.74, 6) is 0.456. The van der Waals surface area contributed by atoms with Crippen molar-refractivity contribution in [3.05, 3.63) is 65.2 Å². The van der Waals surface area contributed by atoms with Gasteiger partial charge in [0.15, 0.2) is 0 Å². The van der Waals surface area contributed by atoms with Crippen LogP contribution >= 0.6 is 0 Å². The number of benzene rings is 2.